The van der Waals surface area contributed by atoms with E-state index in [0.29, 0.717) is 19.3 Å². The van der Waals surface area contributed by atoms with Gasteiger partial charge in [0.15, 0.2) is 6.10 Å². The average Bonchev–Trinajstić information content (AvgIpc) is 3.50. The normalized spacial score (nSPS) is 12.6. The second-order valence-corrected chi connectivity index (χ2v) is 24.1. The number of rotatable bonds is 66. The third-order valence-corrected chi connectivity index (χ3v) is 15.9. The molecule has 0 radical (unpaired) electrons. The molecule has 6 nitrogen and oxygen atoms in total. The summed E-state index contributed by atoms with van der Waals surface area (Å²) in [5.74, 6) is -0.975. The van der Waals surface area contributed by atoms with Crippen LogP contribution in [0.5, 0.6) is 0 Å². The molecule has 0 heterocycles. The van der Waals surface area contributed by atoms with Crippen LogP contribution >= 0.6 is 0 Å². The standard InChI is InChI=1S/C77H136O6/c1-4-7-10-13-16-19-22-25-28-31-34-35-36-37-38-39-40-41-42-44-46-49-52-55-58-61-64-67-70-76(79)82-73-74(72-81-75(78)69-66-63-60-57-54-51-48-45-33-30-27-24-21-18-15-12-9-6-3)83-77(80)71-68-65-62-59-56-53-50-47-43-32-29-26-23-20-17-14-11-8-5-2/h8,11,17,20,26,29-30,33,43,47,53,56,62,65,74H,4-7,9-10,12-16,18-19,21-25,27-28,31-32,34-42,44-46,48-52,54-55,57-61,63-64,66-73H2,1-3H3/b11-8-,20-17-,29-26-,33-30-,47-43-,56-53-,65-62-. The van der Waals surface area contributed by atoms with Crippen molar-refractivity contribution in [3.05, 3.63) is 85.1 Å². The number of esters is 3. The molecule has 1 unspecified atom stereocenters. The molecule has 0 aliphatic heterocycles. The molecule has 6 heteroatoms. The average molecular weight is 1160 g/mol. The van der Waals surface area contributed by atoms with Crippen molar-refractivity contribution in [1.82, 2.24) is 0 Å². The molecule has 83 heavy (non-hydrogen) atoms. The van der Waals surface area contributed by atoms with E-state index in [1.54, 1.807) is 0 Å². The van der Waals surface area contributed by atoms with Crippen LogP contribution in [0.4, 0.5) is 0 Å². The van der Waals surface area contributed by atoms with Crippen LogP contribution in [0.2, 0.25) is 0 Å². The Morgan fingerprint density at radius 3 is 0.783 bits per heavy atom. The van der Waals surface area contributed by atoms with E-state index in [4.69, 9.17) is 14.2 Å². The van der Waals surface area contributed by atoms with Gasteiger partial charge < -0.3 is 14.2 Å². The molecule has 0 saturated heterocycles. The first kappa shape index (κ1) is 79.6. The zero-order chi connectivity index (χ0) is 59.9. The first-order chi connectivity index (χ1) is 41.0. The molecule has 0 rings (SSSR count). The molecule has 1 atom stereocenters. The molecular weight excluding hydrogens is 1020 g/mol. The van der Waals surface area contributed by atoms with Crippen LogP contribution in [0, 0.1) is 0 Å². The van der Waals surface area contributed by atoms with E-state index in [-0.39, 0.29) is 37.5 Å². The Morgan fingerprint density at radius 1 is 0.253 bits per heavy atom. The van der Waals surface area contributed by atoms with Gasteiger partial charge in [-0.2, -0.15) is 0 Å². The van der Waals surface area contributed by atoms with Crippen LogP contribution in [0.3, 0.4) is 0 Å². The first-order valence-electron chi connectivity index (χ1n) is 36.1. The molecule has 0 aliphatic rings. The molecule has 0 spiro atoms. The Bertz CT molecular complexity index is 1570. The fourth-order valence-corrected chi connectivity index (χ4v) is 10.5. The van der Waals surface area contributed by atoms with E-state index in [9.17, 15) is 14.4 Å². The lowest BCUT2D eigenvalue weighted by molar-refractivity contribution is -0.166. The van der Waals surface area contributed by atoms with Gasteiger partial charge in [0.05, 0.1) is 0 Å². The molecule has 0 N–H and O–H groups in total. The number of carbonyl (C=O) groups is 3. The van der Waals surface area contributed by atoms with E-state index in [1.807, 2.05) is 6.08 Å². The van der Waals surface area contributed by atoms with E-state index in [1.165, 1.54) is 244 Å². The Labute approximate surface area is 515 Å². The SMILES string of the molecule is CC/C=C\C/C=C\C/C=C\C/C=C\C/C=C\C/C=C\CCC(=O)OC(COC(=O)CCCCCCCCC/C=C\CCCCCCCCC)COC(=O)CCCCCCCCCCCCCCCCCCCCCCCCCCCCCC. The Kier molecular flexibility index (Phi) is 68.2. The monoisotopic (exact) mass is 1160 g/mol. The van der Waals surface area contributed by atoms with E-state index in [2.05, 4.69) is 99.8 Å². The summed E-state index contributed by atoms with van der Waals surface area (Å²) >= 11 is 0. The molecule has 480 valence electrons. The summed E-state index contributed by atoms with van der Waals surface area (Å²) in [4.78, 5) is 38.4. The van der Waals surface area contributed by atoms with Gasteiger partial charge in [0, 0.05) is 19.3 Å². The highest BCUT2D eigenvalue weighted by atomic mass is 16.6. The minimum atomic E-state index is -0.820. The minimum absolute atomic E-state index is 0.105. The van der Waals surface area contributed by atoms with Gasteiger partial charge in [-0.3, -0.25) is 14.4 Å². The summed E-state index contributed by atoms with van der Waals surface area (Å²) in [7, 11) is 0. The minimum Gasteiger partial charge on any atom is -0.462 e. The van der Waals surface area contributed by atoms with E-state index >= 15 is 0 Å². The van der Waals surface area contributed by atoms with Crippen LogP contribution in [0.15, 0.2) is 85.1 Å². The Hall–Kier alpha value is -3.41. The zero-order valence-electron chi connectivity index (χ0n) is 55.2. The smallest absolute Gasteiger partial charge is 0.306 e. The summed E-state index contributed by atoms with van der Waals surface area (Å²) in [5, 5.41) is 0. The summed E-state index contributed by atoms with van der Waals surface area (Å²) in [6.45, 7) is 6.52. The van der Waals surface area contributed by atoms with Crippen molar-refractivity contribution in [2.75, 3.05) is 13.2 Å². The summed E-state index contributed by atoms with van der Waals surface area (Å²) < 4.78 is 16.9. The molecule has 0 amide bonds. The fourth-order valence-electron chi connectivity index (χ4n) is 10.5. The number of carbonyl (C=O) groups excluding carboxylic acids is 3. The van der Waals surface area contributed by atoms with Gasteiger partial charge in [0.2, 0.25) is 0 Å². The van der Waals surface area contributed by atoms with Gasteiger partial charge in [-0.05, 0) is 83.5 Å². The lowest BCUT2D eigenvalue weighted by Gasteiger charge is -2.18. The summed E-state index contributed by atoms with van der Waals surface area (Å²) in [5.41, 5.74) is 0. The van der Waals surface area contributed by atoms with E-state index in [0.717, 1.165) is 77.0 Å². The highest BCUT2D eigenvalue weighted by Gasteiger charge is 2.19. The maximum atomic E-state index is 12.9. The predicted molar refractivity (Wildman–Crippen MR) is 362 cm³/mol. The van der Waals surface area contributed by atoms with Crippen molar-refractivity contribution < 1.29 is 28.6 Å². The topological polar surface area (TPSA) is 78.9 Å². The van der Waals surface area contributed by atoms with Crippen LogP contribution in [-0.4, -0.2) is 37.2 Å². The Morgan fingerprint density at radius 2 is 0.494 bits per heavy atom. The second kappa shape index (κ2) is 71.1. The van der Waals surface area contributed by atoms with Crippen molar-refractivity contribution >= 4 is 17.9 Å². The van der Waals surface area contributed by atoms with Crippen molar-refractivity contribution in [3.8, 4) is 0 Å². The molecule has 0 aromatic heterocycles. The van der Waals surface area contributed by atoms with Crippen LogP contribution in [-0.2, 0) is 28.6 Å². The number of unbranched alkanes of at least 4 members (excludes halogenated alkanes) is 41. The van der Waals surface area contributed by atoms with Crippen LogP contribution in [0.1, 0.15) is 367 Å². The van der Waals surface area contributed by atoms with Gasteiger partial charge in [-0.15, -0.1) is 0 Å². The molecule has 0 fully saturated rings. The summed E-state index contributed by atoms with van der Waals surface area (Å²) in [6, 6.07) is 0. The quantitative estimate of drug-likeness (QED) is 0.0261. The molecular formula is C77H136O6. The van der Waals surface area contributed by atoms with Gasteiger partial charge in [0.25, 0.3) is 0 Å². The molecule has 0 aliphatic carbocycles. The fraction of sp³-hybridized carbons (Fsp3) is 0.779. The van der Waals surface area contributed by atoms with Crippen molar-refractivity contribution in [2.24, 2.45) is 0 Å². The molecule has 0 saturated carbocycles. The predicted octanol–water partition coefficient (Wildman–Crippen LogP) is 25.0. The highest BCUT2D eigenvalue weighted by molar-refractivity contribution is 5.71. The molecule has 0 bridgehead atoms. The lowest BCUT2D eigenvalue weighted by Crippen LogP contribution is -2.30. The zero-order valence-corrected chi connectivity index (χ0v) is 55.2. The van der Waals surface area contributed by atoms with Crippen molar-refractivity contribution in [2.45, 2.75) is 374 Å². The van der Waals surface area contributed by atoms with Crippen molar-refractivity contribution in [1.29, 1.82) is 0 Å². The lowest BCUT2D eigenvalue weighted by atomic mass is 10.0. The first-order valence-corrected chi connectivity index (χ1v) is 36.1. The third-order valence-electron chi connectivity index (χ3n) is 15.9. The number of allylic oxidation sites excluding steroid dienone is 14. The number of hydrogen-bond acceptors (Lipinski definition) is 6. The van der Waals surface area contributed by atoms with Crippen molar-refractivity contribution in [3.63, 3.8) is 0 Å². The van der Waals surface area contributed by atoms with Crippen LogP contribution in [0.25, 0.3) is 0 Å². The maximum absolute atomic E-state index is 12.9. The highest BCUT2D eigenvalue weighted by Crippen LogP contribution is 2.18. The van der Waals surface area contributed by atoms with Gasteiger partial charge in [0.1, 0.15) is 13.2 Å². The molecule has 0 aromatic rings. The third kappa shape index (κ3) is 69.3. The second-order valence-electron chi connectivity index (χ2n) is 24.1. The Balaban J connectivity index is 4.35. The van der Waals surface area contributed by atoms with Gasteiger partial charge in [-0.1, -0.05) is 350 Å². The van der Waals surface area contributed by atoms with Gasteiger partial charge in [-0.25, -0.2) is 0 Å². The maximum Gasteiger partial charge on any atom is 0.306 e. The number of hydrogen-bond donors (Lipinski definition) is 0. The largest absolute Gasteiger partial charge is 0.462 e. The van der Waals surface area contributed by atoms with Crippen LogP contribution < -0.4 is 0 Å². The molecule has 0 aromatic carbocycles. The van der Waals surface area contributed by atoms with E-state index < -0.39 is 6.10 Å². The van der Waals surface area contributed by atoms with Gasteiger partial charge >= 0.3 is 17.9 Å². The number of ether oxygens (including phenoxy) is 3. The summed E-state index contributed by atoms with van der Waals surface area (Å²) in [6.07, 6.45) is 94.9.